The van der Waals surface area contributed by atoms with Crippen LogP contribution in [0.5, 0.6) is 0 Å². The SMILES string of the molecule is CCOC(C)CNc1cc(NN)nc(C)n1. The standard InChI is InChI=1S/C10H19N5O/c1-4-16-7(2)6-12-9-5-10(15-11)14-8(3)13-9/h5,7H,4,6,11H2,1-3H3,(H2,12,13,14,15). The summed E-state index contributed by atoms with van der Waals surface area (Å²) in [5.41, 5.74) is 2.50. The molecule has 16 heavy (non-hydrogen) atoms. The minimum Gasteiger partial charge on any atom is -0.377 e. The molecule has 0 saturated heterocycles. The topological polar surface area (TPSA) is 85.1 Å². The van der Waals surface area contributed by atoms with E-state index in [0.29, 0.717) is 24.8 Å². The number of hydrazine groups is 1. The van der Waals surface area contributed by atoms with Gasteiger partial charge in [-0.1, -0.05) is 0 Å². The molecule has 6 nitrogen and oxygen atoms in total. The summed E-state index contributed by atoms with van der Waals surface area (Å²) < 4.78 is 5.40. The maximum absolute atomic E-state index is 5.40. The smallest absolute Gasteiger partial charge is 0.145 e. The van der Waals surface area contributed by atoms with E-state index >= 15 is 0 Å². The van der Waals surface area contributed by atoms with Crippen LogP contribution in [0.4, 0.5) is 11.6 Å². The van der Waals surface area contributed by atoms with Gasteiger partial charge in [0.25, 0.3) is 0 Å². The Morgan fingerprint density at radius 2 is 2.12 bits per heavy atom. The fraction of sp³-hybridized carbons (Fsp3) is 0.600. The molecule has 1 heterocycles. The molecule has 0 fully saturated rings. The first-order valence-corrected chi connectivity index (χ1v) is 5.33. The Labute approximate surface area is 95.6 Å². The van der Waals surface area contributed by atoms with Gasteiger partial charge in [0.2, 0.25) is 0 Å². The van der Waals surface area contributed by atoms with Crippen LogP contribution < -0.4 is 16.6 Å². The summed E-state index contributed by atoms with van der Waals surface area (Å²) in [5, 5.41) is 3.17. The van der Waals surface area contributed by atoms with Gasteiger partial charge in [0.05, 0.1) is 6.10 Å². The predicted molar refractivity (Wildman–Crippen MR) is 64.2 cm³/mol. The number of ether oxygens (including phenoxy) is 1. The Morgan fingerprint density at radius 3 is 2.75 bits per heavy atom. The molecule has 1 rings (SSSR count). The molecular formula is C10H19N5O. The van der Waals surface area contributed by atoms with Crippen LogP contribution in [0.15, 0.2) is 6.07 Å². The third-order valence-corrected chi connectivity index (χ3v) is 2.01. The summed E-state index contributed by atoms with van der Waals surface area (Å²) in [6, 6.07) is 1.76. The second kappa shape index (κ2) is 6.24. The van der Waals surface area contributed by atoms with E-state index < -0.39 is 0 Å². The largest absolute Gasteiger partial charge is 0.377 e. The zero-order valence-corrected chi connectivity index (χ0v) is 9.95. The van der Waals surface area contributed by atoms with Crippen molar-refractivity contribution in [3.05, 3.63) is 11.9 Å². The van der Waals surface area contributed by atoms with Crippen molar-refractivity contribution in [2.24, 2.45) is 5.84 Å². The lowest BCUT2D eigenvalue weighted by atomic mass is 10.4. The summed E-state index contributed by atoms with van der Waals surface area (Å²) in [4.78, 5) is 8.34. The summed E-state index contributed by atoms with van der Waals surface area (Å²) in [6.45, 7) is 7.21. The molecule has 0 aliphatic heterocycles. The van der Waals surface area contributed by atoms with Crippen LogP contribution in [0.2, 0.25) is 0 Å². The first-order valence-electron chi connectivity index (χ1n) is 5.33. The number of nitrogens with two attached hydrogens (primary N) is 1. The molecular weight excluding hydrogens is 206 g/mol. The number of aromatic nitrogens is 2. The highest BCUT2D eigenvalue weighted by Crippen LogP contribution is 2.09. The Kier molecular flexibility index (Phi) is 4.94. The Hall–Kier alpha value is -1.40. The van der Waals surface area contributed by atoms with E-state index in [2.05, 4.69) is 20.7 Å². The van der Waals surface area contributed by atoms with E-state index in [-0.39, 0.29) is 6.10 Å². The number of nitrogens with zero attached hydrogens (tertiary/aromatic N) is 2. The van der Waals surface area contributed by atoms with Gasteiger partial charge in [-0.15, -0.1) is 0 Å². The van der Waals surface area contributed by atoms with Gasteiger partial charge < -0.3 is 15.5 Å². The molecule has 0 aromatic carbocycles. The number of hydrogen-bond acceptors (Lipinski definition) is 6. The molecule has 90 valence electrons. The first-order chi connectivity index (χ1) is 7.65. The number of aryl methyl sites for hydroxylation is 1. The normalized spacial score (nSPS) is 12.2. The van der Waals surface area contributed by atoms with Crippen molar-refractivity contribution in [1.29, 1.82) is 0 Å². The van der Waals surface area contributed by atoms with Gasteiger partial charge in [0, 0.05) is 19.2 Å². The van der Waals surface area contributed by atoms with Gasteiger partial charge in [0.1, 0.15) is 17.5 Å². The molecule has 0 aliphatic carbocycles. The molecule has 0 aliphatic rings. The fourth-order valence-corrected chi connectivity index (χ4v) is 1.32. The fourth-order valence-electron chi connectivity index (χ4n) is 1.32. The van der Waals surface area contributed by atoms with Crippen molar-refractivity contribution in [1.82, 2.24) is 9.97 Å². The molecule has 0 spiro atoms. The number of hydrogen-bond donors (Lipinski definition) is 3. The Morgan fingerprint density at radius 1 is 1.44 bits per heavy atom. The second-order valence-electron chi connectivity index (χ2n) is 3.48. The van der Waals surface area contributed by atoms with Crippen LogP contribution in [0.3, 0.4) is 0 Å². The van der Waals surface area contributed by atoms with Crippen molar-refractivity contribution >= 4 is 11.6 Å². The minimum atomic E-state index is 0.148. The van der Waals surface area contributed by atoms with Crippen molar-refractivity contribution < 1.29 is 4.74 Å². The predicted octanol–water partition coefficient (Wildman–Crippen LogP) is 0.908. The number of nitrogens with one attached hydrogen (secondary N) is 2. The molecule has 1 aromatic heterocycles. The first kappa shape index (κ1) is 12.7. The van der Waals surface area contributed by atoms with Gasteiger partial charge in [-0.3, -0.25) is 0 Å². The Bertz CT molecular complexity index is 331. The van der Waals surface area contributed by atoms with Gasteiger partial charge in [-0.05, 0) is 20.8 Å². The lowest BCUT2D eigenvalue weighted by molar-refractivity contribution is 0.0855. The van der Waals surface area contributed by atoms with Crippen LogP contribution in [0.25, 0.3) is 0 Å². The van der Waals surface area contributed by atoms with Crippen molar-refractivity contribution in [2.45, 2.75) is 26.9 Å². The van der Waals surface area contributed by atoms with Crippen molar-refractivity contribution in [3.8, 4) is 0 Å². The summed E-state index contributed by atoms with van der Waals surface area (Å²) in [5.74, 6) is 7.31. The molecule has 1 atom stereocenters. The maximum Gasteiger partial charge on any atom is 0.145 e. The van der Waals surface area contributed by atoms with E-state index in [1.807, 2.05) is 20.8 Å². The van der Waals surface area contributed by atoms with E-state index in [4.69, 9.17) is 10.6 Å². The summed E-state index contributed by atoms with van der Waals surface area (Å²) in [6.07, 6.45) is 0.148. The van der Waals surface area contributed by atoms with E-state index in [1.54, 1.807) is 6.07 Å². The minimum absolute atomic E-state index is 0.148. The molecule has 0 bridgehead atoms. The number of anilines is 2. The van der Waals surface area contributed by atoms with Crippen LogP contribution in [-0.4, -0.2) is 29.2 Å². The molecule has 1 aromatic rings. The third kappa shape index (κ3) is 4.00. The average Bonchev–Trinajstić information content (AvgIpc) is 2.26. The highest BCUT2D eigenvalue weighted by atomic mass is 16.5. The van der Waals surface area contributed by atoms with Gasteiger partial charge in [0.15, 0.2) is 0 Å². The average molecular weight is 225 g/mol. The molecule has 4 N–H and O–H groups in total. The number of rotatable bonds is 6. The van der Waals surface area contributed by atoms with Crippen LogP contribution in [0.1, 0.15) is 19.7 Å². The van der Waals surface area contributed by atoms with Gasteiger partial charge in [-0.25, -0.2) is 15.8 Å². The van der Waals surface area contributed by atoms with Crippen LogP contribution in [-0.2, 0) is 4.74 Å². The lowest BCUT2D eigenvalue weighted by Gasteiger charge is -2.13. The molecule has 0 saturated carbocycles. The van der Waals surface area contributed by atoms with Crippen LogP contribution in [0, 0.1) is 6.92 Å². The van der Waals surface area contributed by atoms with Gasteiger partial charge in [-0.2, -0.15) is 0 Å². The quantitative estimate of drug-likeness (QED) is 0.493. The molecule has 6 heteroatoms. The molecule has 0 radical (unpaired) electrons. The van der Waals surface area contributed by atoms with Crippen molar-refractivity contribution in [2.75, 3.05) is 23.9 Å². The van der Waals surface area contributed by atoms with Crippen LogP contribution >= 0.6 is 0 Å². The second-order valence-corrected chi connectivity index (χ2v) is 3.48. The maximum atomic E-state index is 5.40. The van der Waals surface area contributed by atoms with E-state index in [9.17, 15) is 0 Å². The monoisotopic (exact) mass is 225 g/mol. The summed E-state index contributed by atoms with van der Waals surface area (Å²) >= 11 is 0. The van der Waals surface area contributed by atoms with Crippen molar-refractivity contribution in [3.63, 3.8) is 0 Å². The lowest BCUT2D eigenvalue weighted by Crippen LogP contribution is -2.20. The summed E-state index contributed by atoms with van der Waals surface area (Å²) in [7, 11) is 0. The highest BCUT2D eigenvalue weighted by molar-refractivity contribution is 5.46. The highest BCUT2D eigenvalue weighted by Gasteiger charge is 2.03. The Balaban J connectivity index is 2.56. The van der Waals surface area contributed by atoms with Gasteiger partial charge >= 0.3 is 0 Å². The third-order valence-electron chi connectivity index (χ3n) is 2.01. The van der Waals surface area contributed by atoms with E-state index in [1.165, 1.54) is 0 Å². The molecule has 1 unspecified atom stereocenters. The zero-order valence-electron chi connectivity index (χ0n) is 9.95. The number of nitrogen functional groups attached to an aromatic ring is 1. The van der Waals surface area contributed by atoms with E-state index in [0.717, 1.165) is 5.82 Å². The zero-order chi connectivity index (χ0) is 12.0. The molecule has 0 amide bonds.